The molecule has 0 aliphatic heterocycles. The van der Waals surface area contributed by atoms with Crippen LogP contribution >= 0.6 is 0 Å². The minimum Gasteiger partial charge on any atom is -0.239 e. The van der Waals surface area contributed by atoms with Gasteiger partial charge in [0.15, 0.2) is 0 Å². The monoisotopic (exact) mass is 206 g/mol. The first kappa shape index (κ1) is 10.7. The number of rotatable bonds is 3. The summed E-state index contributed by atoms with van der Waals surface area (Å²) < 4.78 is 14.1. The number of benzene rings is 1. The Kier molecular flexibility index (Phi) is 2.81. The lowest BCUT2D eigenvalue weighted by molar-refractivity contribution is 0.0608. The van der Waals surface area contributed by atoms with E-state index in [9.17, 15) is 4.39 Å². The van der Waals surface area contributed by atoms with Gasteiger partial charge in [0.05, 0.1) is 0 Å². The summed E-state index contributed by atoms with van der Waals surface area (Å²) in [5.41, 5.74) is 2.50. The van der Waals surface area contributed by atoms with Crippen LogP contribution in [0.4, 0.5) is 4.39 Å². The van der Waals surface area contributed by atoms with Crippen LogP contribution in [0.2, 0.25) is 0 Å². The zero-order chi connectivity index (χ0) is 10.9. The Morgan fingerprint density at radius 2 is 2.07 bits per heavy atom. The van der Waals surface area contributed by atoms with Gasteiger partial charge < -0.3 is 0 Å². The number of halogens is 1. The highest BCUT2D eigenvalue weighted by Gasteiger charge is 2.38. The molecule has 82 valence electrons. The first-order chi connectivity index (χ1) is 7.15. The molecule has 0 aromatic heterocycles. The van der Waals surface area contributed by atoms with E-state index in [-0.39, 0.29) is 0 Å². The predicted octanol–water partition coefficient (Wildman–Crippen LogP) is 4.30. The SMILES string of the molecule is CCCc1ccc(C2(F)CCC2)cc1C. The fraction of sp³-hybridized carbons (Fsp3) is 0.571. The van der Waals surface area contributed by atoms with Crippen molar-refractivity contribution in [3.63, 3.8) is 0 Å². The van der Waals surface area contributed by atoms with E-state index in [1.54, 1.807) is 0 Å². The van der Waals surface area contributed by atoms with Crippen LogP contribution in [0.25, 0.3) is 0 Å². The summed E-state index contributed by atoms with van der Waals surface area (Å²) in [4.78, 5) is 0. The highest BCUT2D eigenvalue weighted by Crippen LogP contribution is 2.45. The molecule has 1 aromatic rings. The van der Waals surface area contributed by atoms with Crippen molar-refractivity contribution in [2.45, 2.75) is 51.6 Å². The molecule has 2 rings (SSSR count). The van der Waals surface area contributed by atoms with Crippen molar-refractivity contribution in [2.75, 3.05) is 0 Å². The molecular formula is C14H19F. The molecule has 1 aliphatic rings. The maximum absolute atomic E-state index is 14.1. The molecule has 0 radical (unpaired) electrons. The lowest BCUT2D eigenvalue weighted by atomic mass is 9.76. The third kappa shape index (κ3) is 1.92. The second-order valence-electron chi connectivity index (χ2n) is 4.71. The van der Waals surface area contributed by atoms with Gasteiger partial charge in [-0.2, -0.15) is 0 Å². The van der Waals surface area contributed by atoms with Crippen LogP contribution in [0.3, 0.4) is 0 Å². The third-order valence-corrected chi connectivity index (χ3v) is 3.53. The minimum absolute atomic E-state index is 0.708. The molecular weight excluding hydrogens is 187 g/mol. The number of alkyl halides is 1. The van der Waals surface area contributed by atoms with Gasteiger partial charge in [-0.15, -0.1) is 0 Å². The quantitative estimate of drug-likeness (QED) is 0.691. The van der Waals surface area contributed by atoms with Crippen molar-refractivity contribution in [1.82, 2.24) is 0 Å². The van der Waals surface area contributed by atoms with Crippen molar-refractivity contribution in [1.29, 1.82) is 0 Å². The average Bonchev–Trinajstić information content (AvgIpc) is 2.18. The van der Waals surface area contributed by atoms with Crippen molar-refractivity contribution in [3.8, 4) is 0 Å². The van der Waals surface area contributed by atoms with Crippen LogP contribution < -0.4 is 0 Å². The Morgan fingerprint density at radius 1 is 1.33 bits per heavy atom. The molecule has 15 heavy (non-hydrogen) atoms. The van der Waals surface area contributed by atoms with Crippen LogP contribution in [0, 0.1) is 6.92 Å². The normalized spacial score (nSPS) is 18.6. The van der Waals surface area contributed by atoms with Crippen LogP contribution in [-0.2, 0) is 12.1 Å². The van der Waals surface area contributed by atoms with Crippen molar-refractivity contribution in [2.24, 2.45) is 0 Å². The molecule has 0 heterocycles. The third-order valence-electron chi connectivity index (χ3n) is 3.53. The molecule has 1 saturated carbocycles. The Balaban J connectivity index is 2.25. The van der Waals surface area contributed by atoms with Crippen LogP contribution in [0.1, 0.15) is 49.3 Å². The highest BCUT2D eigenvalue weighted by molar-refractivity contribution is 5.35. The minimum atomic E-state index is -1.00. The molecule has 0 N–H and O–H groups in total. The second kappa shape index (κ2) is 3.96. The predicted molar refractivity (Wildman–Crippen MR) is 61.8 cm³/mol. The lowest BCUT2D eigenvalue weighted by Gasteiger charge is -2.34. The topological polar surface area (TPSA) is 0 Å². The summed E-state index contributed by atoms with van der Waals surface area (Å²) >= 11 is 0. The van der Waals surface area contributed by atoms with Crippen molar-refractivity contribution >= 4 is 0 Å². The van der Waals surface area contributed by atoms with Crippen molar-refractivity contribution < 1.29 is 4.39 Å². The Labute approximate surface area is 91.5 Å². The van der Waals surface area contributed by atoms with Gasteiger partial charge >= 0.3 is 0 Å². The van der Waals surface area contributed by atoms with Gasteiger partial charge in [0.1, 0.15) is 5.67 Å². The lowest BCUT2D eigenvalue weighted by Crippen LogP contribution is -2.28. The Morgan fingerprint density at radius 3 is 2.53 bits per heavy atom. The first-order valence-corrected chi connectivity index (χ1v) is 5.94. The molecule has 0 unspecified atom stereocenters. The average molecular weight is 206 g/mol. The van der Waals surface area contributed by atoms with E-state index < -0.39 is 5.67 Å². The molecule has 0 spiro atoms. The molecule has 0 nitrogen and oxygen atoms in total. The van der Waals surface area contributed by atoms with E-state index in [2.05, 4.69) is 19.9 Å². The maximum Gasteiger partial charge on any atom is 0.136 e. The zero-order valence-electron chi connectivity index (χ0n) is 9.65. The summed E-state index contributed by atoms with van der Waals surface area (Å²) in [5, 5.41) is 0. The number of hydrogen-bond donors (Lipinski definition) is 0. The van der Waals surface area contributed by atoms with E-state index >= 15 is 0 Å². The number of hydrogen-bond acceptors (Lipinski definition) is 0. The van der Waals surface area contributed by atoms with Crippen LogP contribution in [0.5, 0.6) is 0 Å². The Hall–Kier alpha value is -0.850. The van der Waals surface area contributed by atoms with Crippen molar-refractivity contribution in [3.05, 3.63) is 34.9 Å². The standard InChI is InChI=1S/C14H19F/c1-3-5-12-6-7-13(10-11(12)2)14(15)8-4-9-14/h6-7,10H,3-5,8-9H2,1-2H3. The summed E-state index contributed by atoms with van der Waals surface area (Å²) in [7, 11) is 0. The van der Waals surface area contributed by atoms with Gasteiger partial charge in [-0.1, -0.05) is 31.5 Å². The summed E-state index contributed by atoms with van der Waals surface area (Å²) in [6.45, 7) is 4.27. The van der Waals surface area contributed by atoms with Gasteiger partial charge in [0.2, 0.25) is 0 Å². The fourth-order valence-electron chi connectivity index (χ4n) is 2.30. The van der Waals surface area contributed by atoms with Crippen LogP contribution in [0.15, 0.2) is 18.2 Å². The summed E-state index contributed by atoms with van der Waals surface area (Å²) in [5.74, 6) is 0. The molecule has 0 bridgehead atoms. The molecule has 0 saturated heterocycles. The van der Waals surface area contributed by atoms with Gasteiger partial charge in [-0.25, -0.2) is 4.39 Å². The smallest absolute Gasteiger partial charge is 0.136 e. The van der Waals surface area contributed by atoms with E-state index in [1.165, 1.54) is 11.1 Å². The molecule has 1 heteroatoms. The summed E-state index contributed by atoms with van der Waals surface area (Å²) in [6.07, 6.45) is 4.71. The highest BCUT2D eigenvalue weighted by atomic mass is 19.1. The summed E-state index contributed by atoms with van der Waals surface area (Å²) in [6, 6.07) is 6.13. The van der Waals surface area contributed by atoms with E-state index in [1.807, 2.05) is 12.1 Å². The molecule has 0 amide bonds. The van der Waals surface area contributed by atoms with Gasteiger partial charge in [-0.3, -0.25) is 0 Å². The molecule has 1 aromatic carbocycles. The molecule has 0 atom stereocenters. The van der Waals surface area contributed by atoms with E-state index in [0.717, 1.165) is 24.8 Å². The largest absolute Gasteiger partial charge is 0.239 e. The zero-order valence-corrected chi connectivity index (χ0v) is 9.65. The second-order valence-corrected chi connectivity index (χ2v) is 4.71. The van der Waals surface area contributed by atoms with Gasteiger partial charge in [0.25, 0.3) is 0 Å². The number of aryl methyl sites for hydroxylation is 2. The first-order valence-electron chi connectivity index (χ1n) is 5.94. The fourth-order valence-corrected chi connectivity index (χ4v) is 2.30. The van der Waals surface area contributed by atoms with Gasteiger partial charge in [0, 0.05) is 0 Å². The maximum atomic E-state index is 14.1. The molecule has 1 fully saturated rings. The van der Waals surface area contributed by atoms with E-state index in [4.69, 9.17) is 0 Å². The van der Waals surface area contributed by atoms with E-state index in [0.29, 0.717) is 12.8 Å². The van der Waals surface area contributed by atoms with Crippen LogP contribution in [-0.4, -0.2) is 0 Å². The van der Waals surface area contributed by atoms with Gasteiger partial charge in [-0.05, 0) is 49.3 Å². The molecule has 1 aliphatic carbocycles. The Bertz CT molecular complexity index is 350.